The monoisotopic (exact) mass is 387 g/mol. The van der Waals surface area contributed by atoms with Crippen LogP contribution in [-0.2, 0) is 0 Å². The molecule has 0 aliphatic heterocycles. The van der Waals surface area contributed by atoms with Crippen LogP contribution >= 0.6 is 0 Å². The molecule has 6 heteroatoms. The molecule has 0 fully saturated rings. The SMILES string of the molecule is CN(C)c1ccc2cc(/C=C/C(=O)c3cc4ccccc4oc3=O)c(=O)oc2c1. The summed E-state index contributed by atoms with van der Waals surface area (Å²) < 4.78 is 10.6. The van der Waals surface area contributed by atoms with Crippen LogP contribution in [0.3, 0.4) is 0 Å². The van der Waals surface area contributed by atoms with Crippen molar-refractivity contribution in [1.29, 1.82) is 0 Å². The number of benzene rings is 2. The Balaban J connectivity index is 1.69. The molecule has 0 atom stereocenters. The van der Waals surface area contributed by atoms with Gasteiger partial charge in [-0.05, 0) is 42.5 Å². The number of hydrogen-bond acceptors (Lipinski definition) is 6. The summed E-state index contributed by atoms with van der Waals surface area (Å²) in [6, 6.07) is 15.6. The molecule has 29 heavy (non-hydrogen) atoms. The number of nitrogens with zero attached hydrogens (tertiary/aromatic N) is 1. The van der Waals surface area contributed by atoms with E-state index in [9.17, 15) is 14.4 Å². The standard InChI is InChI=1S/C23H17NO5/c1-24(2)17-9-7-15-11-16(22(26)29-21(15)13-17)8-10-19(25)18-12-14-5-3-4-6-20(14)28-23(18)27/h3-13H,1-2H3/b10-8+. The Bertz CT molecular complexity index is 1390. The normalized spacial score (nSPS) is 11.4. The maximum atomic E-state index is 12.5. The van der Waals surface area contributed by atoms with Crippen molar-refractivity contribution in [3.8, 4) is 0 Å². The lowest BCUT2D eigenvalue weighted by molar-refractivity contribution is 0.104. The van der Waals surface area contributed by atoms with Gasteiger partial charge in [0.1, 0.15) is 16.7 Å². The number of carbonyl (C=O) groups excluding carboxylic acids is 1. The van der Waals surface area contributed by atoms with Gasteiger partial charge >= 0.3 is 11.3 Å². The quantitative estimate of drug-likeness (QED) is 0.300. The Morgan fingerprint density at radius 3 is 2.38 bits per heavy atom. The van der Waals surface area contributed by atoms with Crippen molar-refractivity contribution >= 4 is 39.5 Å². The zero-order valence-electron chi connectivity index (χ0n) is 15.8. The van der Waals surface area contributed by atoms with Crippen LogP contribution in [-0.4, -0.2) is 19.9 Å². The average molecular weight is 387 g/mol. The number of anilines is 1. The van der Waals surface area contributed by atoms with Gasteiger partial charge in [0.25, 0.3) is 0 Å². The molecular weight excluding hydrogens is 370 g/mol. The molecule has 4 aromatic rings. The summed E-state index contributed by atoms with van der Waals surface area (Å²) in [5, 5.41) is 1.37. The van der Waals surface area contributed by atoms with Crippen molar-refractivity contribution in [1.82, 2.24) is 0 Å². The summed E-state index contributed by atoms with van der Waals surface area (Å²) >= 11 is 0. The van der Waals surface area contributed by atoms with Gasteiger partial charge in [0.05, 0.1) is 5.56 Å². The molecular formula is C23H17NO5. The summed E-state index contributed by atoms with van der Waals surface area (Å²) in [6.45, 7) is 0. The van der Waals surface area contributed by atoms with Gasteiger partial charge in [-0.1, -0.05) is 18.2 Å². The molecule has 0 bridgehead atoms. The Labute approximate surface area is 165 Å². The Hall–Kier alpha value is -3.93. The lowest BCUT2D eigenvalue weighted by atomic mass is 10.1. The molecule has 4 rings (SSSR count). The van der Waals surface area contributed by atoms with E-state index in [-0.39, 0.29) is 11.1 Å². The van der Waals surface area contributed by atoms with Crippen LogP contribution in [0.15, 0.2) is 79.1 Å². The third-order valence-electron chi connectivity index (χ3n) is 4.58. The molecule has 0 saturated carbocycles. The van der Waals surface area contributed by atoms with Crippen LogP contribution in [0.5, 0.6) is 0 Å². The molecule has 0 saturated heterocycles. The van der Waals surface area contributed by atoms with E-state index in [1.807, 2.05) is 31.1 Å². The molecule has 0 amide bonds. The predicted octanol–water partition coefficient (Wildman–Crippen LogP) is 3.86. The van der Waals surface area contributed by atoms with Crippen LogP contribution in [0.4, 0.5) is 5.69 Å². The second kappa shape index (κ2) is 7.24. The second-order valence-electron chi connectivity index (χ2n) is 6.79. The molecule has 6 nitrogen and oxygen atoms in total. The van der Waals surface area contributed by atoms with Crippen molar-refractivity contribution in [2.75, 3.05) is 19.0 Å². The molecule has 0 radical (unpaired) electrons. The minimum atomic E-state index is -0.722. The molecule has 0 aliphatic rings. The van der Waals surface area contributed by atoms with Gasteiger partial charge in [-0.2, -0.15) is 0 Å². The van der Waals surface area contributed by atoms with Gasteiger partial charge in [-0.15, -0.1) is 0 Å². The van der Waals surface area contributed by atoms with Crippen LogP contribution < -0.4 is 16.2 Å². The number of ketones is 1. The highest BCUT2D eigenvalue weighted by molar-refractivity contribution is 6.07. The van der Waals surface area contributed by atoms with E-state index in [0.717, 1.165) is 11.1 Å². The molecule has 0 aliphatic carbocycles. The first-order valence-corrected chi connectivity index (χ1v) is 8.93. The zero-order chi connectivity index (χ0) is 20.5. The largest absolute Gasteiger partial charge is 0.422 e. The van der Waals surface area contributed by atoms with Gasteiger partial charge in [0, 0.05) is 36.6 Å². The number of hydrogen-bond donors (Lipinski definition) is 0. The summed E-state index contributed by atoms with van der Waals surface area (Å²) in [7, 11) is 3.79. The maximum absolute atomic E-state index is 12.5. The Morgan fingerprint density at radius 2 is 1.59 bits per heavy atom. The number of fused-ring (bicyclic) bond motifs is 2. The van der Waals surface area contributed by atoms with Crippen molar-refractivity contribution < 1.29 is 13.6 Å². The highest BCUT2D eigenvalue weighted by atomic mass is 16.4. The van der Waals surface area contributed by atoms with E-state index in [1.165, 1.54) is 18.2 Å². The smallest absolute Gasteiger partial charge is 0.347 e. The number of rotatable bonds is 4. The molecule has 144 valence electrons. The summed E-state index contributed by atoms with van der Waals surface area (Å²) in [5.41, 5.74) is 0.602. The average Bonchev–Trinajstić information content (AvgIpc) is 2.71. The number of para-hydroxylation sites is 1. The van der Waals surface area contributed by atoms with E-state index in [2.05, 4.69) is 0 Å². The second-order valence-corrected chi connectivity index (χ2v) is 6.79. The Kier molecular flexibility index (Phi) is 4.60. The molecule has 2 heterocycles. The first-order chi connectivity index (χ1) is 13.9. The van der Waals surface area contributed by atoms with Crippen LogP contribution in [0.2, 0.25) is 0 Å². The molecule has 2 aromatic carbocycles. The summed E-state index contributed by atoms with van der Waals surface area (Å²) in [5.74, 6) is -0.549. The van der Waals surface area contributed by atoms with Crippen LogP contribution in [0, 0.1) is 0 Å². The maximum Gasteiger partial charge on any atom is 0.347 e. The van der Waals surface area contributed by atoms with Crippen molar-refractivity contribution in [3.63, 3.8) is 0 Å². The van der Waals surface area contributed by atoms with E-state index < -0.39 is 17.0 Å². The lowest BCUT2D eigenvalue weighted by Gasteiger charge is -2.12. The van der Waals surface area contributed by atoms with Gasteiger partial charge in [0.2, 0.25) is 0 Å². The van der Waals surface area contributed by atoms with Crippen molar-refractivity contribution in [2.24, 2.45) is 0 Å². The van der Waals surface area contributed by atoms with Crippen LogP contribution in [0.1, 0.15) is 15.9 Å². The van der Waals surface area contributed by atoms with Gasteiger partial charge in [-0.25, -0.2) is 9.59 Å². The van der Waals surface area contributed by atoms with Gasteiger partial charge < -0.3 is 13.7 Å². The van der Waals surface area contributed by atoms with E-state index in [0.29, 0.717) is 16.6 Å². The highest BCUT2D eigenvalue weighted by Crippen LogP contribution is 2.21. The highest BCUT2D eigenvalue weighted by Gasteiger charge is 2.12. The van der Waals surface area contributed by atoms with Gasteiger partial charge in [0.15, 0.2) is 5.78 Å². The topological polar surface area (TPSA) is 80.7 Å². The molecule has 0 spiro atoms. The van der Waals surface area contributed by atoms with E-state index in [1.54, 1.807) is 36.4 Å². The fourth-order valence-corrected chi connectivity index (χ4v) is 3.00. The predicted molar refractivity (Wildman–Crippen MR) is 113 cm³/mol. The van der Waals surface area contributed by atoms with Crippen molar-refractivity contribution in [3.05, 3.63) is 92.6 Å². The fourth-order valence-electron chi connectivity index (χ4n) is 3.00. The first-order valence-electron chi connectivity index (χ1n) is 8.93. The van der Waals surface area contributed by atoms with Gasteiger partial charge in [-0.3, -0.25) is 4.79 Å². The third kappa shape index (κ3) is 3.60. The molecule has 2 aromatic heterocycles. The number of carbonyl (C=O) groups is 1. The Morgan fingerprint density at radius 1 is 0.862 bits per heavy atom. The minimum Gasteiger partial charge on any atom is -0.422 e. The van der Waals surface area contributed by atoms with E-state index in [4.69, 9.17) is 8.83 Å². The third-order valence-corrected chi connectivity index (χ3v) is 4.58. The zero-order valence-corrected chi connectivity index (χ0v) is 15.8. The van der Waals surface area contributed by atoms with Crippen LogP contribution in [0.25, 0.3) is 28.0 Å². The first kappa shape index (κ1) is 18.4. The van der Waals surface area contributed by atoms with E-state index >= 15 is 0 Å². The van der Waals surface area contributed by atoms with Crippen molar-refractivity contribution in [2.45, 2.75) is 0 Å². The number of allylic oxidation sites excluding steroid dienone is 1. The fraction of sp³-hybridized carbons (Fsp3) is 0.0870. The lowest BCUT2D eigenvalue weighted by Crippen LogP contribution is -2.12. The molecule has 0 N–H and O–H groups in total. The summed E-state index contributed by atoms with van der Waals surface area (Å²) in [6.07, 6.45) is 2.52. The minimum absolute atomic E-state index is 0.0965. The summed E-state index contributed by atoms with van der Waals surface area (Å²) in [4.78, 5) is 38.8. The molecule has 0 unspecified atom stereocenters.